The second kappa shape index (κ2) is 10.4. The molecule has 0 radical (unpaired) electrons. The molecule has 6 nitrogen and oxygen atoms in total. The number of thioether (sulfide) groups is 1. The molecule has 0 spiro atoms. The molecular weight excluding hydrogens is 384 g/mol. The quantitative estimate of drug-likeness (QED) is 0.372. The molecule has 1 heterocycles. The van der Waals surface area contributed by atoms with Crippen molar-refractivity contribution in [3.63, 3.8) is 0 Å². The topological polar surface area (TPSA) is 76.9 Å². The summed E-state index contributed by atoms with van der Waals surface area (Å²) >= 11 is 1.37. The van der Waals surface area contributed by atoms with Crippen LogP contribution in [0.4, 0.5) is 5.69 Å². The third kappa shape index (κ3) is 6.03. The van der Waals surface area contributed by atoms with Gasteiger partial charge in [0.05, 0.1) is 5.75 Å². The molecule has 0 aliphatic heterocycles. The monoisotopic (exact) mass is 412 g/mol. The number of allylic oxidation sites excluding steroid dienone is 1. The Balaban J connectivity index is 1.60. The second-order valence-corrected chi connectivity index (χ2v) is 8.42. The summed E-state index contributed by atoms with van der Waals surface area (Å²) < 4.78 is 2.07. The van der Waals surface area contributed by atoms with Crippen LogP contribution >= 0.6 is 11.8 Å². The molecule has 0 atom stereocenters. The Kier molecular flexibility index (Phi) is 7.63. The van der Waals surface area contributed by atoms with Crippen LogP contribution in [0.25, 0.3) is 0 Å². The van der Waals surface area contributed by atoms with Crippen molar-refractivity contribution in [2.24, 2.45) is 5.92 Å². The molecule has 7 heteroatoms. The van der Waals surface area contributed by atoms with E-state index >= 15 is 0 Å². The molecule has 3 rings (SSSR count). The van der Waals surface area contributed by atoms with E-state index in [0.717, 1.165) is 17.4 Å². The van der Waals surface area contributed by atoms with Gasteiger partial charge < -0.3 is 9.88 Å². The molecule has 1 aromatic carbocycles. The number of aromatic nitrogens is 3. The number of ketones is 1. The van der Waals surface area contributed by atoms with Crippen LogP contribution in [0, 0.1) is 5.92 Å². The number of rotatable bonds is 9. The molecule has 1 aliphatic carbocycles. The van der Waals surface area contributed by atoms with Gasteiger partial charge in [0.15, 0.2) is 10.9 Å². The molecule has 2 aromatic rings. The zero-order valence-electron chi connectivity index (χ0n) is 16.9. The lowest BCUT2D eigenvalue weighted by Gasteiger charge is -2.21. The van der Waals surface area contributed by atoms with Crippen molar-refractivity contribution in [2.45, 2.75) is 57.1 Å². The molecule has 1 saturated carbocycles. The van der Waals surface area contributed by atoms with Crippen molar-refractivity contribution in [1.82, 2.24) is 14.8 Å². The Morgan fingerprint density at radius 2 is 2.07 bits per heavy atom. The molecule has 0 unspecified atom stereocenters. The maximum Gasteiger partial charge on any atom is 0.234 e. The number of anilines is 1. The zero-order chi connectivity index (χ0) is 20.6. The molecule has 1 N–H and O–H groups in total. The largest absolute Gasteiger partial charge is 0.325 e. The van der Waals surface area contributed by atoms with Crippen LogP contribution in [0.5, 0.6) is 0 Å². The van der Waals surface area contributed by atoms with Gasteiger partial charge in [-0.3, -0.25) is 9.59 Å². The van der Waals surface area contributed by atoms with E-state index in [1.165, 1.54) is 50.8 Å². The first-order valence-corrected chi connectivity index (χ1v) is 11.1. The Bertz CT molecular complexity index is 871. The molecule has 1 aromatic heterocycles. The lowest BCUT2D eigenvalue weighted by molar-refractivity contribution is -0.113. The fourth-order valence-corrected chi connectivity index (χ4v) is 4.45. The Hall–Kier alpha value is -2.41. The van der Waals surface area contributed by atoms with Crippen molar-refractivity contribution in [3.8, 4) is 0 Å². The van der Waals surface area contributed by atoms with Crippen molar-refractivity contribution in [2.75, 3.05) is 11.1 Å². The first kappa shape index (κ1) is 21.3. The van der Waals surface area contributed by atoms with Crippen LogP contribution in [0.1, 0.15) is 55.2 Å². The number of Topliss-reactive ketones (excluding diaryl/α,β-unsaturated/α-hetero) is 1. The molecule has 1 fully saturated rings. The Labute approximate surface area is 176 Å². The summed E-state index contributed by atoms with van der Waals surface area (Å²) in [7, 11) is 0. The highest BCUT2D eigenvalue weighted by atomic mass is 32.2. The molecular formula is C22H28N4O2S. The molecule has 29 heavy (non-hydrogen) atoms. The highest BCUT2D eigenvalue weighted by Gasteiger charge is 2.19. The first-order valence-electron chi connectivity index (χ1n) is 10.1. The average molecular weight is 413 g/mol. The minimum atomic E-state index is -0.141. The van der Waals surface area contributed by atoms with Crippen molar-refractivity contribution in [1.29, 1.82) is 0 Å². The van der Waals surface area contributed by atoms with E-state index in [0.29, 0.717) is 23.7 Å². The van der Waals surface area contributed by atoms with Crippen molar-refractivity contribution < 1.29 is 9.59 Å². The molecule has 0 bridgehead atoms. The first-order chi connectivity index (χ1) is 14.1. The van der Waals surface area contributed by atoms with Gasteiger partial charge in [0.1, 0.15) is 5.82 Å². The van der Waals surface area contributed by atoms with Gasteiger partial charge in [0.25, 0.3) is 0 Å². The summed E-state index contributed by atoms with van der Waals surface area (Å²) in [4.78, 5) is 23.9. The third-order valence-corrected chi connectivity index (χ3v) is 6.15. The number of amides is 1. The number of nitrogens with one attached hydrogen (secondary N) is 1. The fourth-order valence-electron chi connectivity index (χ4n) is 3.68. The van der Waals surface area contributed by atoms with E-state index in [1.54, 1.807) is 24.3 Å². The van der Waals surface area contributed by atoms with Gasteiger partial charge in [-0.05, 0) is 25.0 Å². The molecule has 1 aliphatic rings. The molecule has 154 valence electrons. The van der Waals surface area contributed by atoms with Crippen LogP contribution in [0.15, 0.2) is 42.1 Å². The number of benzene rings is 1. The van der Waals surface area contributed by atoms with Gasteiger partial charge in [0, 0.05) is 24.2 Å². The summed E-state index contributed by atoms with van der Waals surface area (Å²) in [6.45, 7) is 5.99. The lowest BCUT2D eigenvalue weighted by Crippen LogP contribution is -2.16. The van der Waals surface area contributed by atoms with Crippen LogP contribution in [-0.2, 0) is 17.8 Å². The third-order valence-electron chi connectivity index (χ3n) is 5.19. The van der Waals surface area contributed by atoms with E-state index < -0.39 is 0 Å². The minimum absolute atomic E-state index is 0.0292. The SMILES string of the molecule is C=CCn1c(CC2CCCCC2)nnc1SCC(=O)Nc1cccc(C(C)=O)c1. The minimum Gasteiger partial charge on any atom is -0.325 e. The van der Waals surface area contributed by atoms with Crippen LogP contribution in [-0.4, -0.2) is 32.2 Å². The maximum atomic E-state index is 12.4. The number of hydrogen-bond acceptors (Lipinski definition) is 5. The van der Waals surface area contributed by atoms with E-state index in [1.807, 2.05) is 6.08 Å². The van der Waals surface area contributed by atoms with E-state index in [-0.39, 0.29) is 17.4 Å². The Morgan fingerprint density at radius 3 is 2.79 bits per heavy atom. The van der Waals surface area contributed by atoms with Gasteiger partial charge in [-0.15, -0.1) is 16.8 Å². The number of carbonyl (C=O) groups excluding carboxylic acids is 2. The van der Waals surface area contributed by atoms with Gasteiger partial charge in [-0.2, -0.15) is 0 Å². The standard InChI is InChI=1S/C22H28N4O2S/c1-3-12-26-20(13-17-8-5-4-6-9-17)24-25-22(26)29-15-21(28)23-19-11-7-10-18(14-19)16(2)27/h3,7,10-11,14,17H,1,4-6,8-9,12-13,15H2,2H3,(H,23,28). The van der Waals surface area contributed by atoms with E-state index in [4.69, 9.17) is 0 Å². The van der Waals surface area contributed by atoms with Crippen molar-refractivity contribution >= 4 is 29.1 Å². The lowest BCUT2D eigenvalue weighted by atomic mass is 9.87. The predicted octanol–water partition coefficient (Wildman–Crippen LogP) is 4.52. The second-order valence-electron chi connectivity index (χ2n) is 7.48. The number of carbonyl (C=O) groups is 2. The summed E-state index contributed by atoms with van der Waals surface area (Å²) in [6.07, 6.45) is 9.22. The van der Waals surface area contributed by atoms with Crippen LogP contribution < -0.4 is 5.32 Å². The molecule has 1 amide bonds. The van der Waals surface area contributed by atoms with Crippen molar-refractivity contribution in [3.05, 3.63) is 48.3 Å². The summed E-state index contributed by atoms with van der Waals surface area (Å²) in [5.41, 5.74) is 1.20. The van der Waals surface area contributed by atoms with Crippen LogP contribution in [0.3, 0.4) is 0 Å². The summed E-state index contributed by atoms with van der Waals surface area (Å²) in [5.74, 6) is 1.71. The van der Waals surface area contributed by atoms with Gasteiger partial charge in [-0.1, -0.05) is 62.1 Å². The fraction of sp³-hybridized carbons (Fsp3) is 0.455. The normalized spacial score (nSPS) is 14.5. The van der Waals surface area contributed by atoms with E-state index in [2.05, 4.69) is 26.7 Å². The van der Waals surface area contributed by atoms with E-state index in [9.17, 15) is 9.59 Å². The molecule has 0 saturated heterocycles. The smallest absolute Gasteiger partial charge is 0.234 e. The highest BCUT2D eigenvalue weighted by molar-refractivity contribution is 7.99. The number of hydrogen-bond donors (Lipinski definition) is 1. The van der Waals surface area contributed by atoms with Gasteiger partial charge >= 0.3 is 0 Å². The van der Waals surface area contributed by atoms with Gasteiger partial charge in [-0.25, -0.2) is 0 Å². The summed E-state index contributed by atoms with van der Waals surface area (Å²) in [5, 5.41) is 12.3. The number of nitrogens with zero attached hydrogens (tertiary/aromatic N) is 3. The highest BCUT2D eigenvalue weighted by Crippen LogP contribution is 2.27. The van der Waals surface area contributed by atoms with Crippen LogP contribution in [0.2, 0.25) is 0 Å². The Morgan fingerprint density at radius 1 is 1.28 bits per heavy atom. The van der Waals surface area contributed by atoms with Gasteiger partial charge in [0.2, 0.25) is 5.91 Å². The predicted molar refractivity (Wildman–Crippen MR) is 116 cm³/mol. The maximum absolute atomic E-state index is 12.4. The average Bonchev–Trinajstić information content (AvgIpc) is 3.09. The summed E-state index contributed by atoms with van der Waals surface area (Å²) in [6, 6.07) is 6.96. The zero-order valence-corrected chi connectivity index (χ0v) is 17.7.